The van der Waals surface area contributed by atoms with Gasteiger partial charge < -0.3 is 9.47 Å². The Morgan fingerprint density at radius 3 is 1.68 bits per heavy atom. The molecule has 0 atom stereocenters. The summed E-state index contributed by atoms with van der Waals surface area (Å²) >= 11 is 0. The van der Waals surface area contributed by atoms with Gasteiger partial charge in [0.15, 0.2) is 23.1 Å². The zero-order valence-corrected chi connectivity index (χ0v) is 20.8. The van der Waals surface area contributed by atoms with Crippen molar-refractivity contribution in [2.45, 2.75) is 90.9 Å². The quantitative estimate of drug-likeness (QED) is 0.154. The van der Waals surface area contributed by atoms with Crippen molar-refractivity contribution in [2.75, 3.05) is 13.2 Å². The van der Waals surface area contributed by atoms with Crippen molar-refractivity contribution in [3.05, 3.63) is 42.1 Å². The summed E-state index contributed by atoms with van der Waals surface area (Å²) in [5, 5.41) is 1.53. The maximum atomic E-state index is 15.1. The maximum absolute atomic E-state index is 15.1. The fourth-order valence-electron chi connectivity index (χ4n) is 4.30. The molecule has 0 unspecified atom stereocenters. The van der Waals surface area contributed by atoms with E-state index in [1.54, 1.807) is 24.3 Å². The standard InChI is InChI=1S/C29H39F2NO2/c1-3-5-7-9-11-13-19-33-25-17-15-22-23-16-18-26(34-20-14-12-10-8-6-4-2)28(31)29(23)32-21-24(22)27(25)30/h15-18,21H,3-14,19-20H2,1-2H3. The highest BCUT2D eigenvalue weighted by molar-refractivity contribution is 6.06. The molecule has 186 valence electrons. The Kier molecular flexibility index (Phi) is 10.8. The molecule has 3 rings (SSSR count). The van der Waals surface area contributed by atoms with Crippen molar-refractivity contribution in [1.82, 2.24) is 4.98 Å². The van der Waals surface area contributed by atoms with E-state index in [1.165, 1.54) is 57.6 Å². The average molecular weight is 472 g/mol. The zero-order chi connectivity index (χ0) is 24.2. The van der Waals surface area contributed by atoms with Crippen LogP contribution in [0.2, 0.25) is 0 Å². The van der Waals surface area contributed by atoms with E-state index in [0.717, 1.165) is 25.7 Å². The largest absolute Gasteiger partial charge is 0.490 e. The first-order valence-corrected chi connectivity index (χ1v) is 13.1. The molecule has 0 fully saturated rings. The lowest BCUT2D eigenvalue weighted by molar-refractivity contribution is 0.291. The van der Waals surface area contributed by atoms with Crippen LogP contribution in [0.4, 0.5) is 8.78 Å². The van der Waals surface area contributed by atoms with Gasteiger partial charge in [-0.2, -0.15) is 0 Å². The topological polar surface area (TPSA) is 31.4 Å². The van der Waals surface area contributed by atoms with Gasteiger partial charge in [-0.25, -0.2) is 8.78 Å². The lowest BCUT2D eigenvalue weighted by atomic mass is 10.1. The van der Waals surface area contributed by atoms with Crippen LogP contribution in [0.3, 0.4) is 0 Å². The molecular weight excluding hydrogens is 432 g/mol. The molecule has 0 radical (unpaired) electrons. The predicted molar refractivity (Wildman–Crippen MR) is 137 cm³/mol. The van der Waals surface area contributed by atoms with Gasteiger partial charge in [0.1, 0.15) is 5.52 Å². The molecule has 0 spiro atoms. The van der Waals surface area contributed by atoms with Gasteiger partial charge >= 0.3 is 0 Å². The summed E-state index contributed by atoms with van der Waals surface area (Å²) in [6, 6.07) is 6.81. The fraction of sp³-hybridized carbons (Fsp3) is 0.552. The highest BCUT2D eigenvalue weighted by atomic mass is 19.1. The van der Waals surface area contributed by atoms with Crippen LogP contribution in [0.25, 0.3) is 21.7 Å². The molecule has 1 heterocycles. The molecule has 0 aliphatic rings. The van der Waals surface area contributed by atoms with Gasteiger partial charge in [-0.15, -0.1) is 0 Å². The minimum atomic E-state index is -0.491. The maximum Gasteiger partial charge on any atom is 0.191 e. The van der Waals surface area contributed by atoms with E-state index in [2.05, 4.69) is 18.8 Å². The number of fused-ring (bicyclic) bond motifs is 3. The molecule has 0 bridgehead atoms. The molecule has 0 saturated carbocycles. The van der Waals surface area contributed by atoms with Crippen molar-refractivity contribution in [3.8, 4) is 11.5 Å². The van der Waals surface area contributed by atoms with Crippen molar-refractivity contribution in [2.24, 2.45) is 0 Å². The molecule has 34 heavy (non-hydrogen) atoms. The Morgan fingerprint density at radius 2 is 1.09 bits per heavy atom. The van der Waals surface area contributed by atoms with Crippen LogP contribution in [-0.4, -0.2) is 18.2 Å². The lowest BCUT2D eigenvalue weighted by Crippen LogP contribution is -2.01. The second-order valence-electron chi connectivity index (χ2n) is 9.10. The van der Waals surface area contributed by atoms with E-state index in [9.17, 15) is 0 Å². The monoisotopic (exact) mass is 471 g/mol. The number of halogens is 2. The number of rotatable bonds is 16. The number of nitrogens with zero attached hydrogens (tertiary/aromatic N) is 1. The van der Waals surface area contributed by atoms with Crippen LogP contribution in [0.15, 0.2) is 30.5 Å². The Hall–Kier alpha value is -2.43. The van der Waals surface area contributed by atoms with Crippen LogP contribution in [-0.2, 0) is 0 Å². The number of hydrogen-bond acceptors (Lipinski definition) is 3. The van der Waals surface area contributed by atoms with Crippen LogP contribution in [0.5, 0.6) is 11.5 Å². The summed E-state index contributed by atoms with van der Waals surface area (Å²) in [5.41, 5.74) is 0.202. The third-order valence-corrected chi connectivity index (χ3v) is 6.35. The van der Waals surface area contributed by atoms with Crippen molar-refractivity contribution in [3.63, 3.8) is 0 Å². The zero-order valence-electron chi connectivity index (χ0n) is 20.8. The Labute approximate surface area is 202 Å². The summed E-state index contributed by atoms with van der Waals surface area (Å²) in [6.45, 7) is 5.36. The number of ether oxygens (including phenoxy) is 2. The van der Waals surface area contributed by atoms with Gasteiger partial charge in [0.2, 0.25) is 0 Å². The average Bonchev–Trinajstić information content (AvgIpc) is 2.85. The molecule has 0 aliphatic carbocycles. The Balaban J connectivity index is 1.63. The minimum absolute atomic E-state index is 0.201. The normalized spacial score (nSPS) is 11.4. The number of pyridine rings is 1. The molecule has 0 aliphatic heterocycles. The molecule has 0 saturated heterocycles. The van der Waals surface area contributed by atoms with E-state index in [-0.39, 0.29) is 17.0 Å². The van der Waals surface area contributed by atoms with E-state index >= 15 is 8.78 Å². The number of unbranched alkanes of at least 4 members (excludes halogenated alkanes) is 10. The Morgan fingerprint density at radius 1 is 0.588 bits per heavy atom. The smallest absolute Gasteiger partial charge is 0.191 e. The van der Waals surface area contributed by atoms with Crippen LogP contribution in [0.1, 0.15) is 90.9 Å². The first-order valence-electron chi connectivity index (χ1n) is 13.1. The number of hydrogen-bond donors (Lipinski definition) is 0. The second-order valence-corrected chi connectivity index (χ2v) is 9.10. The lowest BCUT2D eigenvalue weighted by Gasteiger charge is -2.12. The second kappa shape index (κ2) is 14.1. The van der Waals surface area contributed by atoms with Crippen LogP contribution in [0, 0.1) is 11.6 Å². The fourth-order valence-corrected chi connectivity index (χ4v) is 4.30. The number of benzene rings is 2. The van der Waals surface area contributed by atoms with Crippen LogP contribution >= 0.6 is 0 Å². The van der Waals surface area contributed by atoms with Gasteiger partial charge in [-0.3, -0.25) is 4.98 Å². The Bertz CT molecular complexity index is 955. The molecule has 3 nitrogen and oxygen atoms in total. The molecule has 5 heteroatoms. The molecule has 0 amide bonds. The van der Waals surface area contributed by atoms with Crippen LogP contribution < -0.4 is 9.47 Å². The van der Waals surface area contributed by atoms with Gasteiger partial charge in [-0.05, 0) is 42.5 Å². The molecule has 3 aromatic rings. The predicted octanol–water partition coefficient (Wildman–Crippen LogP) is 9.14. The number of aromatic nitrogens is 1. The highest BCUT2D eigenvalue weighted by Gasteiger charge is 2.16. The summed E-state index contributed by atoms with van der Waals surface area (Å²) < 4.78 is 41.5. The van der Waals surface area contributed by atoms with Crippen molar-refractivity contribution < 1.29 is 18.3 Å². The van der Waals surface area contributed by atoms with E-state index in [0.29, 0.717) is 29.4 Å². The highest BCUT2D eigenvalue weighted by Crippen LogP contribution is 2.34. The third kappa shape index (κ3) is 7.04. The summed E-state index contributed by atoms with van der Waals surface area (Å²) in [7, 11) is 0. The van der Waals surface area contributed by atoms with Crippen molar-refractivity contribution in [1.29, 1.82) is 0 Å². The van der Waals surface area contributed by atoms with Gasteiger partial charge in [0, 0.05) is 17.0 Å². The summed E-state index contributed by atoms with van der Waals surface area (Å²) in [5.74, 6) is -0.510. The molecular formula is C29H39F2NO2. The summed E-state index contributed by atoms with van der Waals surface area (Å²) in [4.78, 5) is 4.24. The first kappa shape index (κ1) is 26.2. The molecule has 2 aromatic carbocycles. The summed E-state index contributed by atoms with van der Waals surface area (Å²) in [6.07, 6.45) is 15.2. The van der Waals surface area contributed by atoms with E-state index < -0.39 is 11.6 Å². The molecule has 0 N–H and O–H groups in total. The van der Waals surface area contributed by atoms with E-state index in [4.69, 9.17) is 9.47 Å². The van der Waals surface area contributed by atoms with Crippen molar-refractivity contribution >= 4 is 21.7 Å². The SMILES string of the molecule is CCCCCCCCOc1ccc2c(cnc3c(F)c(OCCCCCCCC)ccc32)c1F. The molecule has 1 aromatic heterocycles. The third-order valence-electron chi connectivity index (χ3n) is 6.35. The first-order chi connectivity index (χ1) is 16.7. The van der Waals surface area contributed by atoms with Gasteiger partial charge in [0.25, 0.3) is 0 Å². The van der Waals surface area contributed by atoms with Gasteiger partial charge in [0.05, 0.1) is 13.2 Å². The minimum Gasteiger partial charge on any atom is -0.490 e. The van der Waals surface area contributed by atoms with Gasteiger partial charge in [-0.1, -0.05) is 78.1 Å². The van der Waals surface area contributed by atoms with E-state index in [1.807, 2.05) is 0 Å².